The molecule has 1 aromatic heterocycles. The van der Waals surface area contributed by atoms with E-state index in [1.165, 1.54) is 12.1 Å². The van der Waals surface area contributed by atoms with E-state index in [4.69, 9.17) is 0 Å². The molecule has 1 amide bonds. The SMILES string of the molecule is O=C(NC1(C23CC(C(=O)O)(C2)C3)CC1)c1cccc2ccn(Cc3ccc(C(F)(F)F)cc3)c12. The molecule has 1 heterocycles. The molecule has 0 spiro atoms. The number of halogens is 3. The third kappa shape index (κ3) is 2.93. The van der Waals surface area contributed by atoms with Crippen LogP contribution in [0.1, 0.15) is 53.6 Å². The normalized spacial score (nSPS) is 26.4. The minimum atomic E-state index is -4.38. The minimum absolute atomic E-state index is 0.100. The van der Waals surface area contributed by atoms with Crippen LogP contribution in [0.3, 0.4) is 0 Å². The van der Waals surface area contributed by atoms with Gasteiger partial charge in [-0.25, -0.2) is 0 Å². The first-order valence-electron chi connectivity index (χ1n) is 11.4. The van der Waals surface area contributed by atoms with Crippen LogP contribution >= 0.6 is 0 Å². The molecule has 2 aromatic carbocycles. The number of aliphatic carboxylic acids is 1. The highest BCUT2D eigenvalue weighted by Crippen LogP contribution is 2.81. The lowest BCUT2D eigenvalue weighted by atomic mass is 9.32. The van der Waals surface area contributed by atoms with Gasteiger partial charge in [-0.15, -0.1) is 0 Å². The number of hydrogen-bond acceptors (Lipinski definition) is 2. The summed E-state index contributed by atoms with van der Waals surface area (Å²) in [6.45, 7) is 0.335. The summed E-state index contributed by atoms with van der Waals surface area (Å²) < 4.78 is 40.5. The van der Waals surface area contributed by atoms with Crippen LogP contribution in [0, 0.1) is 10.8 Å². The Morgan fingerprint density at radius 3 is 2.26 bits per heavy atom. The lowest BCUT2D eigenvalue weighted by molar-refractivity contribution is -0.236. The van der Waals surface area contributed by atoms with Gasteiger partial charge in [0.1, 0.15) is 0 Å². The Bertz CT molecular complexity index is 1320. The molecule has 0 radical (unpaired) electrons. The Balaban J connectivity index is 1.25. The van der Waals surface area contributed by atoms with Crippen molar-refractivity contribution in [2.24, 2.45) is 10.8 Å². The summed E-state index contributed by atoms with van der Waals surface area (Å²) in [7, 11) is 0. The summed E-state index contributed by atoms with van der Waals surface area (Å²) in [6, 6.07) is 12.4. The molecule has 2 bridgehead atoms. The molecule has 3 aromatic rings. The molecule has 2 N–H and O–H groups in total. The number of nitrogens with one attached hydrogen (secondary N) is 1. The van der Waals surface area contributed by atoms with Crippen LogP contribution in [0.4, 0.5) is 13.2 Å². The quantitative estimate of drug-likeness (QED) is 0.521. The van der Waals surface area contributed by atoms with Crippen molar-refractivity contribution in [2.45, 2.75) is 50.4 Å². The van der Waals surface area contributed by atoms with E-state index >= 15 is 0 Å². The fraction of sp³-hybridized carbons (Fsp3) is 0.385. The van der Waals surface area contributed by atoms with Gasteiger partial charge in [0, 0.05) is 23.7 Å². The number of carbonyl (C=O) groups excluding carboxylic acids is 1. The molecule has 8 heteroatoms. The van der Waals surface area contributed by atoms with Gasteiger partial charge in [-0.1, -0.05) is 24.3 Å². The van der Waals surface area contributed by atoms with Crippen molar-refractivity contribution >= 4 is 22.8 Å². The minimum Gasteiger partial charge on any atom is -0.481 e. The van der Waals surface area contributed by atoms with Crippen molar-refractivity contribution in [1.82, 2.24) is 9.88 Å². The monoisotopic (exact) mass is 468 g/mol. The number of aromatic nitrogens is 1. The second kappa shape index (κ2) is 6.64. The smallest absolute Gasteiger partial charge is 0.416 e. The molecular weight excluding hydrogens is 445 g/mol. The van der Waals surface area contributed by atoms with Crippen molar-refractivity contribution in [3.8, 4) is 0 Å². The van der Waals surface area contributed by atoms with Gasteiger partial charge >= 0.3 is 12.1 Å². The number of para-hydroxylation sites is 1. The number of benzene rings is 2. The van der Waals surface area contributed by atoms with E-state index in [-0.39, 0.29) is 16.9 Å². The molecule has 4 aliphatic carbocycles. The fourth-order valence-electron chi connectivity index (χ4n) is 6.29. The summed E-state index contributed by atoms with van der Waals surface area (Å²) in [5.74, 6) is -0.924. The van der Waals surface area contributed by atoms with E-state index in [1.54, 1.807) is 6.07 Å². The second-order valence-corrected chi connectivity index (χ2v) is 10.3. The Morgan fingerprint density at radius 2 is 1.68 bits per heavy atom. The van der Waals surface area contributed by atoms with Gasteiger partial charge in [0.15, 0.2) is 0 Å². The topological polar surface area (TPSA) is 71.3 Å². The largest absolute Gasteiger partial charge is 0.481 e. The summed E-state index contributed by atoms with van der Waals surface area (Å²) >= 11 is 0. The van der Waals surface area contributed by atoms with E-state index in [2.05, 4.69) is 5.32 Å². The van der Waals surface area contributed by atoms with Gasteiger partial charge in [0.25, 0.3) is 5.91 Å². The highest BCUT2D eigenvalue weighted by Gasteiger charge is 2.81. The van der Waals surface area contributed by atoms with Gasteiger partial charge in [0.05, 0.1) is 22.1 Å². The Kier molecular flexibility index (Phi) is 4.15. The third-order valence-corrected chi connectivity index (χ3v) is 8.27. The predicted octanol–water partition coefficient (Wildman–Crippen LogP) is 5.23. The molecule has 34 heavy (non-hydrogen) atoms. The summed E-state index contributed by atoms with van der Waals surface area (Å²) in [5, 5.41) is 13.6. The van der Waals surface area contributed by atoms with E-state index in [0.717, 1.165) is 35.9 Å². The molecule has 4 saturated carbocycles. The zero-order valence-electron chi connectivity index (χ0n) is 18.3. The van der Waals surface area contributed by atoms with Crippen LogP contribution in [0.25, 0.3) is 10.9 Å². The van der Waals surface area contributed by atoms with Crippen molar-refractivity contribution in [3.63, 3.8) is 0 Å². The molecule has 4 fully saturated rings. The fourth-order valence-corrected chi connectivity index (χ4v) is 6.29. The zero-order chi connectivity index (χ0) is 23.9. The first-order chi connectivity index (χ1) is 16.1. The van der Waals surface area contributed by atoms with Gasteiger partial charge in [-0.05, 0) is 67.3 Å². The van der Waals surface area contributed by atoms with Crippen molar-refractivity contribution in [1.29, 1.82) is 0 Å². The molecule has 0 unspecified atom stereocenters. The van der Waals surface area contributed by atoms with E-state index in [9.17, 15) is 27.9 Å². The Morgan fingerprint density at radius 1 is 1.00 bits per heavy atom. The molecule has 176 valence electrons. The Hall–Kier alpha value is -3.29. The maximum atomic E-state index is 13.4. The van der Waals surface area contributed by atoms with Gasteiger partial charge in [0.2, 0.25) is 0 Å². The van der Waals surface area contributed by atoms with Crippen molar-refractivity contribution in [3.05, 3.63) is 71.4 Å². The number of rotatable bonds is 6. The highest BCUT2D eigenvalue weighted by molar-refractivity contribution is 6.06. The maximum Gasteiger partial charge on any atom is 0.416 e. The molecule has 0 atom stereocenters. The number of carboxylic acid groups (broad SMARTS) is 1. The van der Waals surface area contributed by atoms with Crippen LogP contribution < -0.4 is 5.32 Å². The number of carbonyl (C=O) groups is 2. The van der Waals surface area contributed by atoms with Crippen LogP contribution in [0.5, 0.6) is 0 Å². The zero-order valence-corrected chi connectivity index (χ0v) is 18.3. The van der Waals surface area contributed by atoms with Crippen LogP contribution in [0.2, 0.25) is 0 Å². The number of fused-ring (bicyclic) bond motifs is 1. The molecule has 0 aliphatic heterocycles. The number of hydrogen-bond donors (Lipinski definition) is 2. The number of nitrogens with zero attached hydrogens (tertiary/aromatic N) is 1. The van der Waals surface area contributed by atoms with Gasteiger partial charge < -0.3 is 15.0 Å². The van der Waals surface area contributed by atoms with Crippen LogP contribution in [0.15, 0.2) is 54.7 Å². The molecule has 4 aliphatic rings. The lowest BCUT2D eigenvalue weighted by Crippen LogP contribution is -2.73. The average molecular weight is 468 g/mol. The van der Waals surface area contributed by atoms with E-state index < -0.39 is 23.1 Å². The first kappa shape index (κ1) is 21.3. The van der Waals surface area contributed by atoms with Crippen molar-refractivity contribution in [2.75, 3.05) is 0 Å². The van der Waals surface area contributed by atoms with E-state index in [1.807, 2.05) is 29.0 Å². The van der Waals surface area contributed by atoms with Crippen LogP contribution in [-0.4, -0.2) is 27.1 Å². The van der Waals surface area contributed by atoms with Gasteiger partial charge in [-0.2, -0.15) is 13.2 Å². The molecule has 5 nitrogen and oxygen atoms in total. The Labute approximate surface area is 193 Å². The standard InChI is InChI=1S/C26H23F3N2O3/c27-26(28,29)18-6-4-16(5-7-18)12-31-11-8-17-2-1-3-19(20(17)31)21(32)30-25(9-10-25)24-13-23(14-24,15-24)22(33)34/h1-8,11H,9-10,12-15H2,(H,30,32)(H,33,34). The van der Waals surface area contributed by atoms with Crippen molar-refractivity contribution < 1.29 is 27.9 Å². The van der Waals surface area contributed by atoms with E-state index in [0.29, 0.717) is 36.9 Å². The maximum absolute atomic E-state index is 13.4. The third-order valence-electron chi connectivity index (χ3n) is 8.27. The number of carboxylic acids is 1. The molecule has 7 rings (SSSR count). The highest BCUT2D eigenvalue weighted by atomic mass is 19.4. The predicted molar refractivity (Wildman–Crippen MR) is 118 cm³/mol. The molecule has 0 saturated heterocycles. The summed E-state index contributed by atoms with van der Waals surface area (Å²) in [5.41, 5.74) is 0.242. The van der Waals surface area contributed by atoms with Gasteiger partial charge in [-0.3, -0.25) is 9.59 Å². The second-order valence-electron chi connectivity index (χ2n) is 10.3. The molecular formula is C26H23F3N2O3. The average Bonchev–Trinajstić information content (AvgIpc) is 3.36. The lowest BCUT2D eigenvalue weighted by Gasteiger charge is -2.71. The summed E-state index contributed by atoms with van der Waals surface area (Å²) in [4.78, 5) is 24.9. The number of alkyl halides is 3. The van der Waals surface area contributed by atoms with Crippen LogP contribution in [-0.2, 0) is 17.5 Å². The number of amides is 1. The first-order valence-corrected chi connectivity index (χ1v) is 11.4. The summed E-state index contributed by atoms with van der Waals surface area (Å²) in [6.07, 6.45) is 1.06.